The zero-order chi connectivity index (χ0) is 14.4. The van der Waals surface area contributed by atoms with Crippen molar-refractivity contribution in [3.63, 3.8) is 0 Å². The van der Waals surface area contributed by atoms with Crippen LogP contribution in [0, 0.1) is 6.92 Å². The first-order valence-corrected chi connectivity index (χ1v) is 7.86. The number of benzene rings is 1. The molecule has 0 spiro atoms. The van der Waals surface area contributed by atoms with E-state index in [4.69, 9.17) is 0 Å². The van der Waals surface area contributed by atoms with Crippen LogP contribution in [0.4, 0.5) is 0 Å². The van der Waals surface area contributed by atoms with Gasteiger partial charge in [-0.05, 0) is 49.3 Å². The summed E-state index contributed by atoms with van der Waals surface area (Å²) in [5.74, 6) is 0. The number of aryl methyl sites for hydroxylation is 1. The van der Waals surface area contributed by atoms with Gasteiger partial charge in [-0.25, -0.2) is 9.97 Å². The molecule has 1 unspecified atom stereocenters. The molecule has 1 aromatic heterocycles. The van der Waals surface area contributed by atoms with Gasteiger partial charge in [-0.1, -0.05) is 32.0 Å². The van der Waals surface area contributed by atoms with Gasteiger partial charge in [0, 0.05) is 22.8 Å². The lowest BCUT2D eigenvalue weighted by atomic mass is 10.0. The molecule has 0 fully saturated rings. The first-order valence-electron chi connectivity index (χ1n) is 7.04. The van der Waals surface area contributed by atoms with E-state index < -0.39 is 0 Å². The molecule has 2 rings (SSSR count). The van der Waals surface area contributed by atoms with Crippen LogP contribution in [-0.2, 0) is 0 Å². The highest BCUT2D eigenvalue weighted by Gasteiger charge is 2.13. The zero-order valence-electron chi connectivity index (χ0n) is 12.3. The number of aromatic nitrogens is 2. The summed E-state index contributed by atoms with van der Waals surface area (Å²) in [7, 11) is 0. The fourth-order valence-corrected chi connectivity index (χ4v) is 3.13. The summed E-state index contributed by atoms with van der Waals surface area (Å²) in [4.78, 5) is 10.0. The molecule has 1 heterocycles. The molecule has 0 aliphatic heterocycles. The molecule has 1 N–H and O–H groups in total. The number of hydrogen-bond acceptors (Lipinski definition) is 4. The highest BCUT2D eigenvalue weighted by Crippen LogP contribution is 2.32. The Morgan fingerprint density at radius 2 is 2.00 bits per heavy atom. The van der Waals surface area contributed by atoms with Gasteiger partial charge in [0.2, 0.25) is 0 Å². The van der Waals surface area contributed by atoms with Crippen LogP contribution in [0.2, 0.25) is 0 Å². The molecule has 4 heteroatoms. The average molecular weight is 287 g/mol. The standard InChI is InChI=1S/C16H21N3S/c1-4-14(17-5-2)13-8-6-7-9-15(13)20-16-18-11-10-12(3)19-16/h6-11,14,17H,4-5H2,1-3H3. The van der Waals surface area contributed by atoms with Gasteiger partial charge in [-0.3, -0.25) is 0 Å². The molecule has 0 saturated carbocycles. The van der Waals surface area contributed by atoms with Crippen molar-refractivity contribution < 1.29 is 0 Å². The second-order valence-corrected chi connectivity index (χ2v) is 5.65. The van der Waals surface area contributed by atoms with E-state index in [-0.39, 0.29) is 0 Å². The van der Waals surface area contributed by atoms with E-state index in [1.807, 2.05) is 19.2 Å². The minimum atomic E-state index is 0.383. The summed E-state index contributed by atoms with van der Waals surface area (Å²) in [6, 6.07) is 10.8. The van der Waals surface area contributed by atoms with Crippen molar-refractivity contribution >= 4 is 11.8 Å². The minimum absolute atomic E-state index is 0.383. The maximum atomic E-state index is 4.47. The normalized spacial score (nSPS) is 12.3. The van der Waals surface area contributed by atoms with Crippen LogP contribution in [0.5, 0.6) is 0 Å². The summed E-state index contributed by atoms with van der Waals surface area (Å²) < 4.78 is 0. The second-order valence-electron chi connectivity index (χ2n) is 4.64. The molecule has 0 aliphatic carbocycles. The van der Waals surface area contributed by atoms with Crippen LogP contribution in [0.15, 0.2) is 46.6 Å². The van der Waals surface area contributed by atoms with Gasteiger partial charge in [0.15, 0.2) is 5.16 Å². The van der Waals surface area contributed by atoms with Gasteiger partial charge in [0.1, 0.15) is 0 Å². The third-order valence-corrected chi connectivity index (χ3v) is 4.10. The molecule has 0 amide bonds. The van der Waals surface area contributed by atoms with E-state index in [9.17, 15) is 0 Å². The Labute approximate surface area is 125 Å². The minimum Gasteiger partial charge on any atom is -0.310 e. The van der Waals surface area contributed by atoms with E-state index in [0.29, 0.717) is 6.04 Å². The molecule has 3 nitrogen and oxygen atoms in total. The summed E-state index contributed by atoms with van der Waals surface area (Å²) in [5, 5.41) is 4.34. The molecule has 106 valence electrons. The number of rotatable bonds is 6. The smallest absolute Gasteiger partial charge is 0.192 e. The van der Waals surface area contributed by atoms with Crippen LogP contribution in [0.25, 0.3) is 0 Å². The monoisotopic (exact) mass is 287 g/mol. The first-order chi connectivity index (χ1) is 9.74. The van der Waals surface area contributed by atoms with Crippen LogP contribution in [0.3, 0.4) is 0 Å². The Morgan fingerprint density at radius 3 is 2.70 bits per heavy atom. The average Bonchev–Trinajstić information content (AvgIpc) is 2.46. The molecule has 1 aromatic carbocycles. The Morgan fingerprint density at radius 1 is 1.20 bits per heavy atom. The van der Waals surface area contributed by atoms with Crippen LogP contribution >= 0.6 is 11.8 Å². The molecule has 1 atom stereocenters. The van der Waals surface area contributed by atoms with Gasteiger partial charge in [-0.2, -0.15) is 0 Å². The zero-order valence-corrected chi connectivity index (χ0v) is 13.1. The second kappa shape index (κ2) is 7.41. The third kappa shape index (κ3) is 3.81. The summed E-state index contributed by atoms with van der Waals surface area (Å²) >= 11 is 1.64. The van der Waals surface area contributed by atoms with Gasteiger partial charge >= 0.3 is 0 Å². The van der Waals surface area contributed by atoms with Crippen LogP contribution in [0.1, 0.15) is 37.6 Å². The number of nitrogens with zero attached hydrogens (tertiary/aromatic N) is 2. The largest absolute Gasteiger partial charge is 0.310 e. The molecule has 20 heavy (non-hydrogen) atoms. The predicted molar refractivity (Wildman–Crippen MR) is 84.0 cm³/mol. The van der Waals surface area contributed by atoms with Gasteiger partial charge in [0.05, 0.1) is 0 Å². The Balaban J connectivity index is 2.27. The lowest BCUT2D eigenvalue weighted by molar-refractivity contribution is 0.530. The molecule has 2 aromatic rings. The molecule has 0 saturated heterocycles. The highest BCUT2D eigenvalue weighted by atomic mass is 32.2. The van der Waals surface area contributed by atoms with Crippen molar-refractivity contribution in [3.8, 4) is 0 Å². The maximum Gasteiger partial charge on any atom is 0.192 e. The fraction of sp³-hybridized carbons (Fsp3) is 0.375. The van der Waals surface area contributed by atoms with Crippen molar-refractivity contribution in [2.75, 3.05) is 6.54 Å². The van der Waals surface area contributed by atoms with E-state index in [0.717, 1.165) is 23.8 Å². The van der Waals surface area contributed by atoms with Crippen molar-refractivity contribution in [1.82, 2.24) is 15.3 Å². The quantitative estimate of drug-likeness (QED) is 0.815. The van der Waals surface area contributed by atoms with Crippen molar-refractivity contribution in [1.29, 1.82) is 0 Å². The van der Waals surface area contributed by atoms with Crippen molar-refractivity contribution in [2.45, 2.75) is 43.3 Å². The Hall–Kier alpha value is -1.39. The highest BCUT2D eigenvalue weighted by molar-refractivity contribution is 7.99. The Bertz CT molecular complexity index is 557. The summed E-state index contributed by atoms with van der Waals surface area (Å²) in [5.41, 5.74) is 2.32. The van der Waals surface area contributed by atoms with E-state index in [1.54, 1.807) is 11.8 Å². The summed E-state index contributed by atoms with van der Waals surface area (Å²) in [6.07, 6.45) is 2.88. The number of hydrogen-bond donors (Lipinski definition) is 1. The van der Waals surface area contributed by atoms with E-state index in [1.165, 1.54) is 10.5 Å². The lowest BCUT2D eigenvalue weighted by Crippen LogP contribution is -2.20. The molecule has 0 radical (unpaired) electrons. The van der Waals surface area contributed by atoms with Crippen molar-refractivity contribution in [3.05, 3.63) is 47.8 Å². The Kier molecular flexibility index (Phi) is 5.56. The maximum absolute atomic E-state index is 4.47. The van der Waals surface area contributed by atoms with Gasteiger partial charge in [0.25, 0.3) is 0 Å². The number of nitrogens with one attached hydrogen (secondary N) is 1. The summed E-state index contributed by atoms with van der Waals surface area (Å²) in [6.45, 7) is 7.31. The molecule has 0 bridgehead atoms. The topological polar surface area (TPSA) is 37.8 Å². The van der Waals surface area contributed by atoms with Crippen LogP contribution < -0.4 is 5.32 Å². The van der Waals surface area contributed by atoms with E-state index >= 15 is 0 Å². The van der Waals surface area contributed by atoms with Crippen molar-refractivity contribution in [2.24, 2.45) is 0 Å². The SMILES string of the molecule is CCNC(CC)c1ccccc1Sc1nccc(C)n1. The lowest BCUT2D eigenvalue weighted by Gasteiger charge is -2.19. The molecular formula is C16H21N3S. The predicted octanol–water partition coefficient (Wildman–Crippen LogP) is 4.00. The first kappa shape index (κ1) is 15.0. The van der Waals surface area contributed by atoms with Gasteiger partial charge in [-0.15, -0.1) is 0 Å². The fourth-order valence-electron chi connectivity index (χ4n) is 2.16. The van der Waals surface area contributed by atoms with Gasteiger partial charge < -0.3 is 5.32 Å². The molecule has 0 aliphatic rings. The van der Waals surface area contributed by atoms with E-state index in [2.05, 4.69) is 53.4 Å². The van der Waals surface area contributed by atoms with Crippen LogP contribution in [-0.4, -0.2) is 16.5 Å². The molecular weight excluding hydrogens is 266 g/mol. The third-order valence-electron chi connectivity index (χ3n) is 3.13.